The lowest BCUT2D eigenvalue weighted by molar-refractivity contribution is -0.138. The van der Waals surface area contributed by atoms with E-state index in [0.717, 1.165) is 52.7 Å². The van der Waals surface area contributed by atoms with Gasteiger partial charge in [0.2, 0.25) is 0 Å². The molecule has 3 aliphatic rings. The summed E-state index contributed by atoms with van der Waals surface area (Å²) >= 11 is 11.3. The van der Waals surface area contributed by atoms with Crippen molar-refractivity contribution in [2.45, 2.75) is 49.7 Å². The maximum Gasteiger partial charge on any atom is 0.339 e. The molecule has 0 radical (unpaired) electrons. The second-order valence-corrected chi connectivity index (χ2v) is 14.7. The van der Waals surface area contributed by atoms with E-state index in [9.17, 15) is 19.5 Å². The average Bonchev–Trinajstić information content (AvgIpc) is 3.37. The standard InChI is InChI=1S/C27H32N2O5S5/c1-5-6-7-8-9-29-19-10-17(25(31)32)20(34-26(33)18-14-36-12-15(2)13-37-16(18)3)11-21(19)38-24(29)22-23(30)28(4)27(35)39-22/h10-11,16,18H,2,5-9,12-14H2,1,3-4H3,(H,31,32)/b24-22+. The number of aromatic carboxylic acids is 1. The minimum absolute atomic E-state index is 0.0142. The van der Waals surface area contributed by atoms with Gasteiger partial charge in [-0.05, 0) is 18.6 Å². The summed E-state index contributed by atoms with van der Waals surface area (Å²) in [5.41, 5.74) is 1.77. The van der Waals surface area contributed by atoms with Gasteiger partial charge in [0.25, 0.3) is 5.91 Å². The Hall–Kier alpha value is -1.60. The molecule has 0 aromatic heterocycles. The van der Waals surface area contributed by atoms with Crippen molar-refractivity contribution in [2.24, 2.45) is 5.92 Å². The number of unbranched alkanes of at least 4 members (excludes halogenated alkanes) is 3. The third-order valence-corrected chi connectivity index (χ3v) is 12.1. The van der Waals surface area contributed by atoms with Gasteiger partial charge in [-0.15, -0.1) is 0 Å². The first-order valence-corrected chi connectivity index (χ1v) is 17.0. The van der Waals surface area contributed by atoms with Gasteiger partial charge in [-0.1, -0.05) is 81.0 Å². The molecule has 39 heavy (non-hydrogen) atoms. The molecular formula is C27H32N2O5S5. The van der Waals surface area contributed by atoms with Crippen LogP contribution in [0.1, 0.15) is 49.9 Å². The van der Waals surface area contributed by atoms with E-state index < -0.39 is 11.9 Å². The number of thioether (sulfide) groups is 4. The van der Waals surface area contributed by atoms with Gasteiger partial charge in [0.05, 0.1) is 11.6 Å². The van der Waals surface area contributed by atoms with E-state index in [-0.39, 0.29) is 28.4 Å². The number of benzene rings is 1. The van der Waals surface area contributed by atoms with Crippen molar-refractivity contribution in [1.82, 2.24) is 4.90 Å². The number of hydrogen-bond acceptors (Lipinski definition) is 10. The molecule has 1 amide bonds. The van der Waals surface area contributed by atoms with Crippen LogP contribution in [-0.2, 0) is 9.59 Å². The highest BCUT2D eigenvalue weighted by Crippen LogP contribution is 2.52. The number of thiocarbonyl (C=S) groups is 1. The Kier molecular flexibility index (Phi) is 10.4. The summed E-state index contributed by atoms with van der Waals surface area (Å²) in [5, 5.41) is 10.8. The highest BCUT2D eigenvalue weighted by molar-refractivity contribution is 8.27. The number of rotatable bonds is 8. The predicted molar refractivity (Wildman–Crippen MR) is 168 cm³/mol. The molecule has 1 aromatic carbocycles. The Bertz CT molecular complexity index is 1230. The van der Waals surface area contributed by atoms with E-state index in [2.05, 4.69) is 13.5 Å². The molecule has 4 rings (SSSR count). The van der Waals surface area contributed by atoms with Gasteiger partial charge in [-0.3, -0.25) is 14.5 Å². The molecule has 12 heteroatoms. The first-order chi connectivity index (χ1) is 18.6. The predicted octanol–water partition coefficient (Wildman–Crippen LogP) is 6.48. The Labute approximate surface area is 251 Å². The second kappa shape index (κ2) is 13.4. The van der Waals surface area contributed by atoms with Crippen LogP contribution >= 0.6 is 59.3 Å². The molecule has 2 unspecified atom stereocenters. The number of likely N-dealkylation sites (N-methyl/N-ethyl adjacent to an activating group) is 1. The van der Waals surface area contributed by atoms with Crippen LogP contribution in [-0.4, -0.2) is 68.3 Å². The van der Waals surface area contributed by atoms with Crippen LogP contribution in [0.15, 0.2) is 39.1 Å². The van der Waals surface area contributed by atoms with Crippen LogP contribution in [0.2, 0.25) is 0 Å². The highest BCUT2D eigenvalue weighted by atomic mass is 32.2. The number of carbonyl (C=O) groups is 3. The lowest BCUT2D eigenvalue weighted by Crippen LogP contribution is -2.32. The smallest absolute Gasteiger partial charge is 0.339 e. The number of amides is 1. The van der Waals surface area contributed by atoms with Crippen molar-refractivity contribution in [2.75, 3.05) is 35.8 Å². The molecular weight excluding hydrogens is 593 g/mol. The van der Waals surface area contributed by atoms with E-state index >= 15 is 0 Å². The summed E-state index contributed by atoms with van der Waals surface area (Å²) in [4.78, 5) is 43.4. The lowest BCUT2D eigenvalue weighted by atomic mass is 10.1. The third kappa shape index (κ3) is 6.83. The topological polar surface area (TPSA) is 87.2 Å². The van der Waals surface area contributed by atoms with Gasteiger partial charge >= 0.3 is 11.9 Å². The number of esters is 1. The van der Waals surface area contributed by atoms with Crippen LogP contribution in [0, 0.1) is 5.92 Å². The fourth-order valence-corrected chi connectivity index (χ4v) is 9.34. The van der Waals surface area contributed by atoms with E-state index in [1.807, 2.05) is 11.8 Å². The summed E-state index contributed by atoms with van der Waals surface area (Å²) < 4.78 is 6.30. The molecule has 210 valence electrons. The molecule has 0 spiro atoms. The van der Waals surface area contributed by atoms with Gasteiger partial charge in [0.15, 0.2) is 0 Å². The van der Waals surface area contributed by atoms with Gasteiger partial charge < -0.3 is 14.7 Å². The Morgan fingerprint density at radius 2 is 1.97 bits per heavy atom. The first-order valence-electron chi connectivity index (χ1n) is 12.8. The highest BCUT2D eigenvalue weighted by Gasteiger charge is 2.39. The molecule has 0 aliphatic carbocycles. The lowest BCUT2D eigenvalue weighted by Gasteiger charge is -2.25. The second-order valence-electron chi connectivity index (χ2n) is 9.61. The molecule has 2 saturated heterocycles. The Morgan fingerprint density at radius 1 is 1.21 bits per heavy atom. The molecule has 0 bridgehead atoms. The van der Waals surface area contributed by atoms with Gasteiger partial charge in [0, 0.05) is 41.0 Å². The quantitative estimate of drug-likeness (QED) is 0.0861. The van der Waals surface area contributed by atoms with Crippen LogP contribution in [0.4, 0.5) is 5.69 Å². The summed E-state index contributed by atoms with van der Waals surface area (Å²) in [7, 11) is 1.66. The van der Waals surface area contributed by atoms with E-state index in [0.29, 0.717) is 27.2 Å². The van der Waals surface area contributed by atoms with Crippen LogP contribution < -0.4 is 9.64 Å². The zero-order valence-corrected chi connectivity index (χ0v) is 26.3. The number of fused-ring (bicyclic) bond motifs is 1. The maximum absolute atomic E-state index is 13.3. The molecule has 2 fully saturated rings. The zero-order chi connectivity index (χ0) is 28.3. The zero-order valence-electron chi connectivity index (χ0n) is 22.2. The normalized spacial score (nSPS) is 23.6. The first kappa shape index (κ1) is 30.4. The van der Waals surface area contributed by atoms with Crippen LogP contribution in [0.5, 0.6) is 5.75 Å². The van der Waals surface area contributed by atoms with Gasteiger partial charge in [0.1, 0.15) is 25.6 Å². The van der Waals surface area contributed by atoms with Crippen LogP contribution in [0.3, 0.4) is 0 Å². The van der Waals surface area contributed by atoms with E-state index in [1.54, 1.807) is 42.7 Å². The number of ether oxygens (including phenoxy) is 1. The number of carboxylic acids is 1. The molecule has 1 aromatic rings. The fourth-order valence-electron chi connectivity index (χ4n) is 4.34. The van der Waals surface area contributed by atoms with Gasteiger partial charge in [-0.2, -0.15) is 23.5 Å². The number of carbonyl (C=O) groups excluding carboxylic acids is 2. The number of anilines is 1. The Balaban J connectivity index is 1.67. The number of hydrogen-bond donors (Lipinski definition) is 1. The minimum Gasteiger partial charge on any atom is -0.478 e. The summed E-state index contributed by atoms with van der Waals surface area (Å²) in [5.74, 6) is 0.0621. The van der Waals surface area contributed by atoms with E-state index in [4.69, 9.17) is 17.0 Å². The van der Waals surface area contributed by atoms with Gasteiger partial charge in [-0.25, -0.2) is 4.79 Å². The molecule has 2 atom stereocenters. The summed E-state index contributed by atoms with van der Waals surface area (Å²) in [6.45, 7) is 8.85. The molecule has 7 nitrogen and oxygen atoms in total. The Morgan fingerprint density at radius 3 is 2.64 bits per heavy atom. The summed E-state index contributed by atoms with van der Waals surface area (Å²) in [6, 6.07) is 3.21. The SMILES string of the molecule is C=C1CSCC(C(=O)Oc2cc3c(cc2C(=O)O)N(CCCCCC)/C(=C2\SC(=S)N(C)C2=O)S3)C(C)SC1. The summed E-state index contributed by atoms with van der Waals surface area (Å²) in [6.07, 6.45) is 4.11. The molecule has 3 heterocycles. The van der Waals surface area contributed by atoms with Crippen molar-refractivity contribution in [1.29, 1.82) is 0 Å². The molecule has 1 N–H and O–H groups in total. The van der Waals surface area contributed by atoms with Crippen molar-refractivity contribution >= 4 is 87.1 Å². The van der Waals surface area contributed by atoms with Crippen molar-refractivity contribution in [3.8, 4) is 5.75 Å². The molecule has 3 aliphatic heterocycles. The number of nitrogens with zero attached hydrogens (tertiary/aromatic N) is 2. The maximum atomic E-state index is 13.3. The largest absolute Gasteiger partial charge is 0.478 e. The monoisotopic (exact) mass is 624 g/mol. The van der Waals surface area contributed by atoms with Crippen molar-refractivity contribution in [3.63, 3.8) is 0 Å². The third-order valence-electron chi connectivity index (χ3n) is 6.66. The fraction of sp³-hybridized carbons (Fsp3) is 0.481. The van der Waals surface area contributed by atoms with Crippen molar-refractivity contribution in [3.05, 3.63) is 39.8 Å². The molecule has 0 saturated carbocycles. The van der Waals surface area contributed by atoms with Crippen LogP contribution in [0.25, 0.3) is 0 Å². The van der Waals surface area contributed by atoms with E-state index in [1.165, 1.54) is 28.4 Å². The number of carboxylic acid groups (broad SMARTS) is 1. The average molecular weight is 625 g/mol. The minimum atomic E-state index is -1.17. The van der Waals surface area contributed by atoms with Crippen molar-refractivity contribution < 1.29 is 24.2 Å².